The average molecular weight is 217 g/mol. The van der Waals surface area contributed by atoms with Crippen LogP contribution in [0.5, 0.6) is 5.75 Å². The van der Waals surface area contributed by atoms with Crippen LogP contribution in [0.2, 0.25) is 0 Å². The summed E-state index contributed by atoms with van der Waals surface area (Å²) in [4.78, 5) is 21.8. The molecule has 0 heterocycles. The number of benzene rings is 1. The van der Waals surface area contributed by atoms with Gasteiger partial charge in [-0.3, -0.25) is 9.59 Å². The van der Waals surface area contributed by atoms with Crippen molar-refractivity contribution in [3.63, 3.8) is 0 Å². The van der Waals surface area contributed by atoms with E-state index < -0.39 is 0 Å². The molecule has 0 atom stereocenters. The van der Waals surface area contributed by atoms with Gasteiger partial charge in [-0.25, -0.2) is 0 Å². The molecule has 16 heavy (non-hydrogen) atoms. The van der Waals surface area contributed by atoms with Gasteiger partial charge in [-0.05, 0) is 12.1 Å². The summed E-state index contributed by atoms with van der Waals surface area (Å²) < 4.78 is 5.17. The van der Waals surface area contributed by atoms with Gasteiger partial charge in [0.25, 0.3) is 5.91 Å². The molecule has 0 aliphatic rings. The summed E-state index contributed by atoms with van der Waals surface area (Å²) in [6.07, 6.45) is 5.65. The molecule has 1 amide bonds. The van der Waals surface area contributed by atoms with E-state index in [0.29, 0.717) is 17.6 Å². The lowest BCUT2D eigenvalue weighted by Gasteiger charge is -2.07. The van der Waals surface area contributed by atoms with E-state index in [9.17, 15) is 9.59 Å². The lowest BCUT2D eigenvalue weighted by atomic mass is 10.2. The van der Waals surface area contributed by atoms with Gasteiger partial charge in [-0.1, -0.05) is 18.1 Å². The maximum atomic E-state index is 11.2. The van der Waals surface area contributed by atoms with Crippen molar-refractivity contribution in [3.05, 3.63) is 29.8 Å². The number of hydrogen-bond donors (Lipinski definition) is 1. The Morgan fingerprint density at radius 2 is 2.25 bits per heavy atom. The summed E-state index contributed by atoms with van der Waals surface area (Å²) in [6.45, 7) is 0.00402. The number of hydrogen-bond acceptors (Lipinski definition) is 3. The highest BCUT2D eigenvalue weighted by Gasteiger charge is 2.04. The first-order valence-electron chi connectivity index (χ1n) is 4.65. The van der Waals surface area contributed by atoms with Crippen molar-refractivity contribution in [2.45, 2.75) is 0 Å². The van der Waals surface area contributed by atoms with E-state index in [1.807, 2.05) is 0 Å². The van der Waals surface area contributed by atoms with Crippen LogP contribution in [0.4, 0.5) is 0 Å². The summed E-state index contributed by atoms with van der Waals surface area (Å²) in [5, 5.41) is 2.45. The molecular weight excluding hydrogens is 206 g/mol. The molecule has 1 rings (SSSR count). The molecule has 4 heteroatoms. The van der Waals surface area contributed by atoms with E-state index in [-0.39, 0.29) is 19.1 Å². The van der Waals surface area contributed by atoms with E-state index in [0.717, 1.165) is 0 Å². The molecule has 0 spiro atoms. The van der Waals surface area contributed by atoms with E-state index in [1.165, 1.54) is 0 Å². The SMILES string of the molecule is C#CCNC(=O)COc1ccccc1C=O. The van der Waals surface area contributed by atoms with Crippen LogP contribution in [-0.4, -0.2) is 25.3 Å². The van der Waals surface area contributed by atoms with Crippen molar-refractivity contribution in [3.8, 4) is 18.1 Å². The summed E-state index contributed by atoms with van der Waals surface area (Å²) in [5.74, 6) is 2.34. The van der Waals surface area contributed by atoms with Gasteiger partial charge < -0.3 is 10.1 Å². The van der Waals surface area contributed by atoms with Gasteiger partial charge in [0.1, 0.15) is 5.75 Å². The second-order valence-corrected chi connectivity index (χ2v) is 2.93. The molecule has 0 unspecified atom stereocenters. The highest BCUT2D eigenvalue weighted by Crippen LogP contribution is 2.15. The first-order valence-corrected chi connectivity index (χ1v) is 4.65. The Kier molecular flexibility index (Phi) is 4.61. The highest BCUT2D eigenvalue weighted by molar-refractivity contribution is 5.80. The number of carbonyl (C=O) groups is 2. The van der Waals surface area contributed by atoms with Crippen molar-refractivity contribution in [2.24, 2.45) is 0 Å². The van der Waals surface area contributed by atoms with Gasteiger partial charge in [-0.2, -0.15) is 0 Å². The van der Waals surface area contributed by atoms with Gasteiger partial charge >= 0.3 is 0 Å². The van der Waals surface area contributed by atoms with Crippen LogP contribution < -0.4 is 10.1 Å². The molecule has 0 aromatic heterocycles. The number of terminal acetylenes is 1. The molecule has 4 nitrogen and oxygen atoms in total. The third-order valence-corrected chi connectivity index (χ3v) is 1.79. The van der Waals surface area contributed by atoms with Crippen LogP contribution >= 0.6 is 0 Å². The molecule has 0 bridgehead atoms. The highest BCUT2D eigenvalue weighted by atomic mass is 16.5. The largest absolute Gasteiger partial charge is 0.483 e. The summed E-state index contributed by atoms with van der Waals surface area (Å²) in [5.41, 5.74) is 0.409. The summed E-state index contributed by atoms with van der Waals surface area (Å²) >= 11 is 0. The first kappa shape index (κ1) is 11.8. The van der Waals surface area contributed by atoms with Gasteiger partial charge in [0.15, 0.2) is 12.9 Å². The zero-order chi connectivity index (χ0) is 11.8. The van der Waals surface area contributed by atoms with Gasteiger partial charge in [0.2, 0.25) is 0 Å². The molecular formula is C12H11NO3. The predicted molar refractivity (Wildman–Crippen MR) is 59.2 cm³/mol. The van der Waals surface area contributed by atoms with Crippen molar-refractivity contribution in [1.82, 2.24) is 5.32 Å². The number of amides is 1. The standard InChI is InChI=1S/C12H11NO3/c1-2-7-13-12(15)9-16-11-6-4-3-5-10(11)8-14/h1,3-6,8H,7,9H2,(H,13,15). The van der Waals surface area contributed by atoms with E-state index >= 15 is 0 Å². The Morgan fingerprint density at radius 1 is 1.50 bits per heavy atom. The first-order chi connectivity index (χ1) is 7.77. The average Bonchev–Trinajstić information content (AvgIpc) is 2.34. The van der Waals surface area contributed by atoms with E-state index in [4.69, 9.17) is 11.2 Å². The molecule has 0 radical (unpaired) electrons. The van der Waals surface area contributed by atoms with Crippen LogP contribution in [0.1, 0.15) is 10.4 Å². The zero-order valence-corrected chi connectivity index (χ0v) is 8.60. The summed E-state index contributed by atoms with van der Waals surface area (Å²) in [6, 6.07) is 6.68. The van der Waals surface area contributed by atoms with E-state index in [2.05, 4.69) is 11.2 Å². The van der Waals surface area contributed by atoms with Crippen LogP contribution in [0.25, 0.3) is 0 Å². The Morgan fingerprint density at radius 3 is 2.94 bits per heavy atom. The molecule has 0 aliphatic carbocycles. The van der Waals surface area contributed by atoms with Crippen molar-refractivity contribution >= 4 is 12.2 Å². The van der Waals surface area contributed by atoms with Crippen LogP contribution in [-0.2, 0) is 4.79 Å². The fourth-order valence-corrected chi connectivity index (χ4v) is 1.05. The lowest BCUT2D eigenvalue weighted by molar-refractivity contribution is -0.122. The van der Waals surface area contributed by atoms with Crippen LogP contribution in [0, 0.1) is 12.3 Å². The van der Waals surface area contributed by atoms with Crippen LogP contribution in [0.15, 0.2) is 24.3 Å². The topological polar surface area (TPSA) is 55.4 Å². The van der Waals surface area contributed by atoms with Gasteiger partial charge in [0.05, 0.1) is 12.1 Å². The Balaban J connectivity index is 2.51. The molecule has 1 N–H and O–H groups in total. The molecule has 82 valence electrons. The number of aldehydes is 1. The smallest absolute Gasteiger partial charge is 0.258 e. The third kappa shape index (κ3) is 3.46. The monoisotopic (exact) mass is 217 g/mol. The van der Waals surface area contributed by atoms with Crippen molar-refractivity contribution in [2.75, 3.05) is 13.2 Å². The molecule has 1 aromatic carbocycles. The van der Waals surface area contributed by atoms with Gasteiger partial charge in [-0.15, -0.1) is 6.42 Å². The maximum absolute atomic E-state index is 11.2. The summed E-state index contributed by atoms with van der Waals surface area (Å²) in [7, 11) is 0. The Bertz CT molecular complexity index is 421. The maximum Gasteiger partial charge on any atom is 0.258 e. The lowest BCUT2D eigenvalue weighted by Crippen LogP contribution is -2.29. The normalized spacial score (nSPS) is 8.94. The number of rotatable bonds is 5. The molecule has 0 saturated carbocycles. The molecule has 0 saturated heterocycles. The third-order valence-electron chi connectivity index (χ3n) is 1.79. The molecule has 0 aliphatic heterocycles. The minimum Gasteiger partial charge on any atom is -0.483 e. The Hall–Kier alpha value is -2.28. The molecule has 0 fully saturated rings. The number of carbonyl (C=O) groups excluding carboxylic acids is 2. The minimum atomic E-state index is -0.321. The fraction of sp³-hybridized carbons (Fsp3) is 0.167. The Labute approximate surface area is 93.6 Å². The number of nitrogens with one attached hydrogen (secondary N) is 1. The number of para-hydroxylation sites is 1. The fourth-order valence-electron chi connectivity index (χ4n) is 1.05. The van der Waals surface area contributed by atoms with Crippen molar-refractivity contribution < 1.29 is 14.3 Å². The predicted octanol–water partition coefficient (Wildman–Crippen LogP) is 0.627. The second-order valence-electron chi connectivity index (χ2n) is 2.93. The van der Waals surface area contributed by atoms with Gasteiger partial charge in [0, 0.05) is 0 Å². The zero-order valence-electron chi connectivity index (χ0n) is 8.60. The minimum absolute atomic E-state index is 0.160. The molecule has 1 aromatic rings. The van der Waals surface area contributed by atoms with E-state index in [1.54, 1.807) is 24.3 Å². The second kappa shape index (κ2) is 6.25. The number of ether oxygens (including phenoxy) is 1. The van der Waals surface area contributed by atoms with Crippen LogP contribution in [0.3, 0.4) is 0 Å². The van der Waals surface area contributed by atoms with Crippen molar-refractivity contribution in [1.29, 1.82) is 0 Å². The quantitative estimate of drug-likeness (QED) is 0.581.